The monoisotopic (exact) mass is 357 g/mol. The number of amides is 2. The van der Waals surface area contributed by atoms with Gasteiger partial charge >= 0.3 is 0 Å². The summed E-state index contributed by atoms with van der Waals surface area (Å²) in [5.41, 5.74) is 2.06. The molecule has 7 nitrogen and oxygen atoms in total. The van der Waals surface area contributed by atoms with Gasteiger partial charge in [-0.05, 0) is 43.2 Å². The van der Waals surface area contributed by atoms with Crippen LogP contribution in [0.5, 0.6) is 5.75 Å². The predicted molar refractivity (Wildman–Crippen MR) is 98.7 cm³/mol. The zero-order valence-electron chi connectivity index (χ0n) is 15.2. The van der Waals surface area contributed by atoms with Gasteiger partial charge < -0.3 is 20.1 Å². The molecule has 0 spiro atoms. The minimum atomic E-state index is -0.414. The van der Waals surface area contributed by atoms with Gasteiger partial charge in [-0.3, -0.25) is 14.6 Å². The molecular formula is C19H23N3O4. The van der Waals surface area contributed by atoms with Crippen LogP contribution in [0.2, 0.25) is 0 Å². The average molecular weight is 357 g/mol. The van der Waals surface area contributed by atoms with Crippen LogP contribution in [0.25, 0.3) is 0 Å². The number of methoxy groups -OCH3 is 2. The van der Waals surface area contributed by atoms with Crippen molar-refractivity contribution in [2.45, 2.75) is 13.3 Å². The van der Waals surface area contributed by atoms with Crippen molar-refractivity contribution in [2.75, 3.05) is 32.7 Å². The molecule has 2 rings (SSSR count). The molecule has 2 amide bonds. The van der Waals surface area contributed by atoms with Gasteiger partial charge in [0.2, 0.25) is 0 Å². The van der Waals surface area contributed by atoms with Gasteiger partial charge in [0.25, 0.3) is 11.8 Å². The highest BCUT2D eigenvalue weighted by Crippen LogP contribution is 2.25. The average Bonchev–Trinajstić information content (AvgIpc) is 2.65. The lowest BCUT2D eigenvalue weighted by atomic mass is 10.2. The summed E-state index contributed by atoms with van der Waals surface area (Å²) in [6, 6.07) is 8.51. The Morgan fingerprint density at radius 2 is 1.92 bits per heavy atom. The molecule has 0 aliphatic rings. The van der Waals surface area contributed by atoms with Crippen molar-refractivity contribution < 1.29 is 19.1 Å². The molecule has 1 aromatic carbocycles. The van der Waals surface area contributed by atoms with Crippen molar-refractivity contribution in [1.29, 1.82) is 0 Å². The Bertz CT molecular complexity index is 777. The van der Waals surface area contributed by atoms with E-state index in [0.29, 0.717) is 36.6 Å². The summed E-state index contributed by atoms with van der Waals surface area (Å²) >= 11 is 0. The van der Waals surface area contributed by atoms with Crippen LogP contribution in [-0.4, -0.2) is 44.2 Å². The fraction of sp³-hybridized carbons (Fsp3) is 0.316. The third-order valence-electron chi connectivity index (χ3n) is 3.67. The highest BCUT2D eigenvalue weighted by atomic mass is 16.5. The zero-order chi connectivity index (χ0) is 18.9. The van der Waals surface area contributed by atoms with Crippen LogP contribution in [0.3, 0.4) is 0 Å². The van der Waals surface area contributed by atoms with Crippen molar-refractivity contribution >= 4 is 17.5 Å². The maximum Gasteiger partial charge on any atom is 0.274 e. The van der Waals surface area contributed by atoms with E-state index in [0.717, 1.165) is 5.56 Å². The van der Waals surface area contributed by atoms with Gasteiger partial charge in [-0.25, -0.2) is 0 Å². The van der Waals surface area contributed by atoms with E-state index in [-0.39, 0.29) is 11.6 Å². The third-order valence-corrected chi connectivity index (χ3v) is 3.67. The lowest BCUT2D eigenvalue weighted by molar-refractivity contribution is 0.0948. The SMILES string of the molecule is COCCCNC(=O)c1ccnc(C(=O)Nc2cc(C)ccc2OC)c1. The second-order valence-electron chi connectivity index (χ2n) is 5.69. The fourth-order valence-electron chi connectivity index (χ4n) is 2.32. The van der Waals surface area contributed by atoms with Crippen LogP contribution in [0.15, 0.2) is 36.5 Å². The molecule has 2 aromatic rings. The summed E-state index contributed by atoms with van der Waals surface area (Å²) in [5.74, 6) is -0.121. The van der Waals surface area contributed by atoms with Crippen LogP contribution in [0.1, 0.15) is 32.8 Å². The van der Waals surface area contributed by atoms with Gasteiger partial charge in [-0.15, -0.1) is 0 Å². The van der Waals surface area contributed by atoms with Gasteiger partial charge in [-0.1, -0.05) is 6.07 Å². The topological polar surface area (TPSA) is 89.5 Å². The Hall–Kier alpha value is -2.93. The smallest absolute Gasteiger partial charge is 0.274 e. The Labute approximate surface area is 152 Å². The second-order valence-corrected chi connectivity index (χ2v) is 5.69. The van der Waals surface area contributed by atoms with Gasteiger partial charge in [0.05, 0.1) is 12.8 Å². The number of nitrogens with zero attached hydrogens (tertiary/aromatic N) is 1. The quantitative estimate of drug-likeness (QED) is 0.708. The Kier molecular flexibility index (Phi) is 7.11. The van der Waals surface area contributed by atoms with Gasteiger partial charge in [0.1, 0.15) is 11.4 Å². The van der Waals surface area contributed by atoms with Gasteiger partial charge in [-0.2, -0.15) is 0 Å². The number of ether oxygens (including phenoxy) is 2. The lowest BCUT2D eigenvalue weighted by Gasteiger charge is -2.11. The first-order valence-corrected chi connectivity index (χ1v) is 8.24. The number of hydrogen-bond donors (Lipinski definition) is 2. The van der Waals surface area contributed by atoms with Crippen molar-refractivity contribution in [3.05, 3.63) is 53.3 Å². The van der Waals surface area contributed by atoms with Crippen molar-refractivity contribution in [3.8, 4) is 5.75 Å². The number of hydrogen-bond acceptors (Lipinski definition) is 5. The van der Waals surface area contributed by atoms with Crippen LogP contribution in [0.4, 0.5) is 5.69 Å². The van der Waals surface area contributed by atoms with Crippen LogP contribution in [0, 0.1) is 6.92 Å². The first-order chi connectivity index (χ1) is 12.5. The zero-order valence-corrected chi connectivity index (χ0v) is 15.2. The van der Waals surface area contributed by atoms with E-state index in [1.807, 2.05) is 19.1 Å². The highest BCUT2D eigenvalue weighted by Gasteiger charge is 2.14. The van der Waals surface area contributed by atoms with E-state index in [2.05, 4.69) is 15.6 Å². The number of carbonyl (C=O) groups is 2. The van der Waals surface area contributed by atoms with Gasteiger partial charge in [0, 0.05) is 32.0 Å². The molecule has 0 unspecified atom stereocenters. The Morgan fingerprint density at radius 3 is 2.65 bits per heavy atom. The first-order valence-electron chi connectivity index (χ1n) is 8.24. The van der Waals surface area contributed by atoms with Crippen LogP contribution < -0.4 is 15.4 Å². The first kappa shape index (κ1) is 19.4. The molecule has 0 atom stereocenters. The van der Waals surface area contributed by atoms with E-state index < -0.39 is 5.91 Å². The molecule has 0 fully saturated rings. The number of aromatic nitrogens is 1. The molecule has 0 saturated carbocycles. The maximum atomic E-state index is 12.5. The van der Waals surface area contributed by atoms with Crippen LogP contribution >= 0.6 is 0 Å². The Balaban J connectivity index is 2.08. The molecule has 26 heavy (non-hydrogen) atoms. The number of pyridine rings is 1. The fourth-order valence-corrected chi connectivity index (χ4v) is 2.32. The molecule has 0 saturated heterocycles. The number of carbonyl (C=O) groups excluding carboxylic acids is 2. The molecule has 138 valence electrons. The summed E-state index contributed by atoms with van der Waals surface area (Å²) < 4.78 is 10.2. The van der Waals surface area contributed by atoms with Crippen molar-refractivity contribution in [3.63, 3.8) is 0 Å². The van der Waals surface area contributed by atoms with Crippen LogP contribution in [-0.2, 0) is 4.74 Å². The van der Waals surface area contributed by atoms with Crippen molar-refractivity contribution in [2.24, 2.45) is 0 Å². The molecular weight excluding hydrogens is 334 g/mol. The molecule has 0 radical (unpaired) electrons. The van der Waals surface area contributed by atoms with Gasteiger partial charge in [0.15, 0.2) is 0 Å². The largest absolute Gasteiger partial charge is 0.495 e. The molecule has 1 aromatic heterocycles. The minimum absolute atomic E-state index is 0.151. The third kappa shape index (κ3) is 5.29. The number of benzene rings is 1. The maximum absolute atomic E-state index is 12.5. The molecule has 0 aliphatic carbocycles. The summed E-state index contributed by atoms with van der Waals surface area (Å²) in [7, 11) is 3.14. The standard InChI is InChI=1S/C19H23N3O4/c1-13-5-6-17(26-3)15(11-13)22-19(24)16-12-14(7-9-20-16)18(23)21-8-4-10-25-2/h5-7,9,11-12H,4,8,10H2,1-3H3,(H,21,23)(H,22,24). The summed E-state index contributed by atoms with van der Waals surface area (Å²) in [5, 5.41) is 5.55. The predicted octanol–water partition coefficient (Wildman–Crippen LogP) is 2.42. The normalized spacial score (nSPS) is 10.3. The van der Waals surface area contributed by atoms with E-state index in [4.69, 9.17) is 9.47 Å². The Morgan fingerprint density at radius 1 is 1.12 bits per heavy atom. The summed E-state index contributed by atoms with van der Waals surface area (Å²) in [4.78, 5) is 28.7. The van der Waals surface area contributed by atoms with E-state index in [1.54, 1.807) is 19.2 Å². The van der Waals surface area contributed by atoms with E-state index in [1.165, 1.54) is 19.4 Å². The molecule has 0 bridgehead atoms. The minimum Gasteiger partial charge on any atom is -0.495 e. The molecule has 0 aliphatic heterocycles. The van der Waals surface area contributed by atoms with E-state index >= 15 is 0 Å². The molecule has 1 heterocycles. The molecule has 2 N–H and O–H groups in total. The molecule has 7 heteroatoms. The summed E-state index contributed by atoms with van der Waals surface area (Å²) in [6.07, 6.45) is 2.15. The number of anilines is 1. The number of nitrogens with one attached hydrogen (secondary N) is 2. The summed E-state index contributed by atoms with van der Waals surface area (Å²) in [6.45, 7) is 2.99. The second kappa shape index (κ2) is 9.53. The van der Waals surface area contributed by atoms with E-state index in [9.17, 15) is 9.59 Å². The number of rotatable bonds is 8. The number of aryl methyl sites for hydroxylation is 1. The highest BCUT2D eigenvalue weighted by molar-refractivity contribution is 6.05. The lowest BCUT2D eigenvalue weighted by Crippen LogP contribution is -2.26. The van der Waals surface area contributed by atoms with Crippen molar-refractivity contribution in [1.82, 2.24) is 10.3 Å².